The van der Waals surface area contributed by atoms with Crippen LogP contribution in [0, 0.1) is 12.7 Å². The van der Waals surface area contributed by atoms with E-state index in [-0.39, 0.29) is 10.6 Å². The Morgan fingerprint density at radius 1 is 1.03 bits per heavy atom. The summed E-state index contributed by atoms with van der Waals surface area (Å²) in [6.45, 7) is 1.88. The van der Waals surface area contributed by atoms with Gasteiger partial charge in [-0.15, -0.1) is 0 Å². The Labute approximate surface area is 178 Å². The van der Waals surface area contributed by atoms with E-state index in [0.29, 0.717) is 17.0 Å². The highest BCUT2D eigenvalue weighted by Gasteiger charge is 2.27. The maximum absolute atomic E-state index is 13.3. The fourth-order valence-electron chi connectivity index (χ4n) is 2.84. The topological polar surface area (TPSA) is 64.6 Å². The lowest BCUT2D eigenvalue weighted by Crippen LogP contribution is -2.26. The number of rotatable bonds is 6. The molecule has 0 radical (unpaired) electrons. The number of hydrogen-bond acceptors (Lipinski definition) is 4. The van der Waals surface area contributed by atoms with E-state index in [1.54, 1.807) is 42.5 Å². The molecule has 3 aromatic rings. The Kier molecular flexibility index (Phi) is 6.69. The van der Waals surface area contributed by atoms with Crippen LogP contribution in [0.15, 0.2) is 66.7 Å². The Balaban J connectivity index is 1.90. The highest BCUT2D eigenvalue weighted by Crippen LogP contribution is 2.29. The third kappa shape index (κ3) is 4.96. The van der Waals surface area contributed by atoms with Crippen molar-refractivity contribution in [2.45, 2.75) is 13.0 Å². The number of esters is 1. The first-order chi connectivity index (χ1) is 14.4. The van der Waals surface area contributed by atoms with Crippen molar-refractivity contribution in [3.63, 3.8) is 0 Å². The monoisotopic (exact) mass is 427 g/mol. The van der Waals surface area contributed by atoms with Gasteiger partial charge in [0, 0.05) is 5.56 Å². The molecule has 7 heteroatoms. The molecule has 0 bridgehead atoms. The molecule has 30 heavy (non-hydrogen) atoms. The summed E-state index contributed by atoms with van der Waals surface area (Å²) in [4.78, 5) is 25.7. The second-order valence-electron chi connectivity index (χ2n) is 6.51. The Morgan fingerprint density at radius 3 is 2.43 bits per heavy atom. The summed E-state index contributed by atoms with van der Waals surface area (Å²) in [7, 11) is 1.49. The maximum atomic E-state index is 13.3. The standard InChI is InChI=1S/C23H19ClFNO4/c1-14-8-11-20(29-2)19(12-14)26-22(27)21(15-6-4-3-5-7-15)30-23(28)17-10-9-16(25)13-18(17)24/h3-13,21H,1-2H3,(H,26,27)/t21-/m1/s1. The fraction of sp³-hybridized carbons (Fsp3) is 0.130. The van der Waals surface area contributed by atoms with Gasteiger partial charge in [-0.3, -0.25) is 4.79 Å². The lowest BCUT2D eigenvalue weighted by Gasteiger charge is -2.19. The number of carbonyl (C=O) groups excluding carboxylic acids is 2. The van der Waals surface area contributed by atoms with Gasteiger partial charge in [0.1, 0.15) is 11.6 Å². The van der Waals surface area contributed by atoms with Crippen LogP contribution in [0.1, 0.15) is 27.6 Å². The molecule has 3 rings (SSSR count). The third-order valence-electron chi connectivity index (χ3n) is 4.33. The van der Waals surface area contributed by atoms with Gasteiger partial charge in [-0.05, 0) is 42.8 Å². The van der Waals surface area contributed by atoms with E-state index in [1.807, 2.05) is 13.0 Å². The quantitative estimate of drug-likeness (QED) is 0.540. The smallest absolute Gasteiger partial charge is 0.340 e. The fourth-order valence-corrected chi connectivity index (χ4v) is 3.09. The molecule has 1 atom stereocenters. The first kappa shape index (κ1) is 21.3. The number of hydrogen-bond donors (Lipinski definition) is 1. The number of halogens is 2. The summed E-state index contributed by atoms with van der Waals surface area (Å²) < 4.78 is 24.1. The number of methoxy groups -OCH3 is 1. The van der Waals surface area contributed by atoms with Crippen LogP contribution < -0.4 is 10.1 Å². The van der Waals surface area contributed by atoms with Gasteiger partial charge in [-0.25, -0.2) is 9.18 Å². The lowest BCUT2D eigenvalue weighted by atomic mass is 10.1. The lowest BCUT2D eigenvalue weighted by molar-refractivity contribution is -0.125. The van der Waals surface area contributed by atoms with Crippen LogP contribution in [-0.4, -0.2) is 19.0 Å². The Hall–Kier alpha value is -3.38. The molecule has 0 aliphatic carbocycles. The summed E-state index contributed by atoms with van der Waals surface area (Å²) in [6, 6.07) is 17.2. The number of aryl methyl sites for hydroxylation is 1. The van der Waals surface area contributed by atoms with Crippen molar-refractivity contribution >= 4 is 29.2 Å². The Morgan fingerprint density at radius 2 is 1.77 bits per heavy atom. The van der Waals surface area contributed by atoms with Crippen LogP contribution in [0.4, 0.5) is 10.1 Å². The van der Waals surface area contributed by atoms with Crippen LogP contribution in [-0.2, 0) is 9.53 Å². The van der Waals surface area contributed by atoms with Crippen LogP contribution in [0.25, 0.3) is 0 Å². The van der Waals surface area contributed by atoms with Gasteiger partial charge in [0.05, 0.1) is 23.4 Å². The van der Waals surface area contributed by atoms with E-state index < -0.39 is 23.8 Å². The van der Waals surface area contributed by atoms with Gasteiger partial charge in [0.2, 0.25) is 6.10 Å². The van der Waals surface area contributed by atoms with Gasteiger partial charge >= 0.3 is 5.97 Å². The summed E-state index contributed by atoms with van der Waals surface area (Å²) in [6.07, 6.45) is -1.26. The van der Waals surface area contributed by atoms with E-state index in [2.05, 4.69) is 5.32 Å². The second-order valence-corrected chi connectivity index (χ2v) is 6.92. The molecule has 0 aliphatic heterocycles. The summed E-state index contributed by atoms with van der Waals surface area (Å²) in [5, 5.41) is 2.64. The average molecular weight is 428 g/mol. The molecule has 0 aromatic heterocycles. The molecule has 0 spiro atoms. The third-order valence-corrected chi connectivity index (χ3v) is 4.64. The summed E-state index contributed by atoms with van der Waals surface area (Å²) in [5.41, 5.74) is 1.78. The summed E-state index contributed by atoms with van der Waals surface area (Å²) >= 11 is 5.96. The van der Waals surface area contributed by atoms with E-state index in [1.165, 1.54) is 13.2 Å². The van der Waals surface area contributed by atoms with Crippen molar-refractivity contribution in [1.29, 1.82) is 0 Å². The molecular weight excluding hydrogens is 409 g/mol. The van der Waals surface area contributed by atoms with Gasteiger partial charge in [0.15, 0.2) is 0 Å². The van der Waals surface area contributed by atoms with Crippen molar-refractivity contribution in [3.8, 4) is 5.75 Å². The van der Waals surface area contributed by atoms with E-state index in [4.69, 9.17) is 21.1 Å². The molecule has 154 valence electrons. The van der Waals surface area contributed by atoms with Crippen LogP contribution in [0.5, 0.6) is 5.75 Å². The van der Waals surface area contributed by atoms with Gasteiger partial charge in [0.25, 0.3) is 5.91 Å². The van der Waals surface area contributed by atoms with Gasteiger partial charge in [-0.1, -0.05) is 48.0 Å². The molecule has 0 aliphatic rings. The number of benzene rings is 3. The molecule has 0 fully saturated rings. The predicted molar refractivity (Wildman–Crippen MR) is 112 cm³/mol. The molecule has 1 N–H and O–H groups in total. The summed E-state index contributed by atoms with van der Waals surface area (Å²) in [5.74, 6) is -1.54. The molecule has 0 unspecified atom stereocenters. The number of nitrogens with one attached hydrogen (secondary N) is 1. The van der Waals surface area contributed by atoms with Gasteiger partial charge in [-0.2, -0.15) is 0 Å². The highest BCUT2D eigenvalue weighted by molar-refractivity contribution is 6.33. The van der Waals surface area contributed by atoms with E-state index in [0.717, 1.165) is 17.7 Å². The first-order valence-corrected chi connectivity index (χ1v) is 9.43. The number of carbonyl (C=O) groups is 2. The molecular formula is C23H19ClFNO4. The molecule has 5 nitrogen and oxygen atoms in total. The molecule has 0 saturated heterocycles. The minimum absolute atomic E-state index is 0.0417. The van der Waals surface area contributed by atoms with Crippen LogP contribution in [0.2, 0.25) is 5.02 Å². The maximum Gasteiger partial charge on any atom is 0.340 e. The zero-order valence-electron chi connectivity index (χ0n) is 16.3. The largest absolute Gasteiger partial charge is 0.495 e. The Bertz CT molecular complexity index is 1070. The van der Waals surface area contributed by atoms with Crippen LogP contribution >= 0.6 is 11.6 Å². The minimum atomic E-state index is -1.26. The van der Waals surface area contributed by atoms with Crippen molar-refractivity contribution < 1.29 is 23.5 Å². The van der Waals surface area contributed by atoms with Crippen molar-refractivity contribution in [2.24, 2.45) is 0 Å². The molecule has 0 saturated carbocycles. The van der Waals surface area contributed by atoms with Crippen LogP contribution in [0.3, 0.4) is 0 Å². The van der Waals surface area contributed by atoms with E-state index >= 15 is 0 Å². The number of anilines is 1. The predicted octanol–water partition coefficient (Wildman–Crippen LogP) is 5.33. The van der Waals surface area contributed by atoms with Crippen molar-refractivity contribution in [1.82, 2.24) is 0 Å². The highest BCUT2D eigenvalue weighted by atomic mass is 35.5. The number of ether oxygens (including phenoxy) is 2. The van der Waals surface area contributed by atoms with Crippen molar-refractivity contribution in [2.75, 3.05) is 12.4 Å². The average Bonchev–Trinajstić information content (AvgIpc) is 2.72. The molecule has 0 heterocycles. The number of amides is 1. The van der Waals surface area contributed by atoms with Gasteiger partial charge < -0.3 is 14.8 Å². The van der Waals surface area contributed by atoms with E-state index in [9.17, 15) is 14.0 Å². The normalized spacial score (nSPS) is 11.5. The first-order valence-electron chi connectivity index (χ1n) is 9.05. The molecule has 3 aromatic carbocycles. The zero-order chi connectivity index (χ0) is 21.7. The minimum Gasteiger partial charge on any atom is -0.495 e. The zero-order valence-corrected chi connectivity index (χ0v) is 17.1. The van der Waals surface area contributed by atoms with Crippen molar-refractivity contribution in [3.05, 3.63) is 94.3 Å². The SMILES string of the molecule is COc1ccc(C)cc1NC(=O)[C@H](OC(=O)c1ccc(F)cc1Cl)c1ccccc1. The molecule has 1 amide bonds. The second kappa shape index (κ2) is 9.41.